The number of benzene rings is 1. The van der Waals surface area contributed by atoms with Gasteiger partial charge in [0.15, 0.2) is 0 Å². The minimum atomic E-state index is 0.197. The Morgan fingerprint density at radius 1 is 1.35 bits per heavy atom. The molecule has 2 nitrogen and oxygen atoms in total. The quantitative estimate of drug-likeness (QED) is 0.798. The Labute approximate surface area is 123 Å². The lowest BCUT2D eigenvalue weighted by atomic mass is 9.94. The van der Waals surface area contributed by atoms with Gasteiger partial charge in [-0.05, 0) is 36.3 Å². The topological polar surface area (TPSA) is 38.0 Å². The third-order valence-corrected chi connectivity index (χ3v) is 4.22. The van der Waals surface area contributed by atoms with Crippen LogP contribution in [0.1, 0.15) is 39.2 Å². The average Bonchev–Trinajstić information content (AvgIpc) is 3.23. The highest BCUT2D eigenvalue weighted by Crippen LogP contribution is 2.40. The van der Waals surface area contributed by atoms with E-state index in [4.69, 9.17) is 5.73 Å². The second kappa shape index (κ2) is 6.55. The molecule has 0 aromatic heterocycles. The molecule has 0 saturated heterocycles. The molecular formula is C18H28N2. The second-order valence-electron chi connectivity index (χ2n) is 6.68. The third kappa shape index (κ3) is 4.19. The van der Waals surface area contributed by atoms with Gasteiger partial charge in [0, 0.05) is 12.6 Å². The average molecular weight is 272 g/mol. The van der Waals surface area contributed by atoms with Gasteiger partial charge in [0.05, 0.1) is 0 Å². The third-order valence-electron chi connectivity index (χ3n) is 4.22. The summed E-state index contributed by atoms with van der Waals surface area (Å²) in [6, 6.07) is 11.3. The van der Waals surface area contributed by atoms with Crippen molar-refractivity contribution in [2.24, 2.45) is 17.1 Å². The summed E-state index contributed by atoms with van der Waals surface area (Å²) in [6.07, 6.45) is 4.77. The monoisotopic (exact) mass is 272 g/mol. The lowest BCUT2D eigenvalue weighted by molar-refractivity contribution is 0.348. The van der Waals surface area contributed by atoms with Gasteiger partial charge in [-0.1, -0.05) is 62.8 Å². The zero-order chi connectivity index (χ0) is 14.6. The maximum absolute atomic E-state index is 5.78. The molecule has 2 heteroatoms. The van der Waals surface area contributed by atoms with Crippen molar-refractivity contribution in [3.8, 4) is 0 Å². The molecule has 20 heavy (non-hydrogen) atoms. The molecule has 110 valence electrons. The first kappa shape index (κ1) is 15.3. The van der Waals surface area contributed by atoms with E-state index in [1.807, 2.05) is 0 Å². The Hall–Kier alpha value is -1.12. The SMILES string of the molecule is CCC(=Cc1ccccc1)C1C[C@@H]1NCC(C)(C)CN. The first-order chi connectivity index (χ1) is 9.55. The van der Waals surface area contributed by atoms with Crippen LogP contribution in [0.3, 0.4) is 0 Å². The molecule has 2 rings (SSSR count). The summed E-state index contributed by atoms with van der Waals surface area (Å²) >= 11 is 0. The summed E-state index contributed by atoms with van der Waals surface area (Å²) in [4.78, 5) is 0. The van der Waals surface area contributed by atoms with E-state index in [-0.39, 0.29) is 5.41 Å². The van der Waals surface area contributed by atoms with Gasteiger partial charge in [-0.25, -0.2) is 0 Å². The van der Waals surface area contributed by atoms with Crippen molar-refractivity contribution >= 4 is 6.08 Å². The minimum Gasteiger partial charge on any atom is -0.330 e. The summed E-state index contributed by atoms with van der Waals surface area (Å²) in [6.45, 7) is 8.44. The highest BCUT2D eigenvalue weighted by atomic mass is 15.0. The number of nitrogens with two attached hydrogens (primary N) is 1. The van der Waals surface area contributed by atoms with Gasteiger partial charge in [0.1, 0.15) is 0 Å². The molecule has 1 aromatic rings. The normalized spacial score (nSPS) is 22.9. The number of hydrogen-bond donors (Lipinski definition) is 2. The van der Waals surface area contributed by atoms with Crippen LogP contribution in [0, 0.1) is 11.3 Å². The minimum absolute atomic E-state index is 0.197. The molecule has 1 aliphatic carbocycles. The number of hydrogen-bond acceptors (Lipinski definition) is 2. The predicted molar refractivity (Wildman–Crippen MR) is 87.4 cm³/mol. The molecule has 1 saturated carbocycles. The van der Waals surface area contributed by atoms with Crippen molar-refractivity contribution in [2.45, 2.75) is 39.7 Å². The maximum atomic E-state index is 5.78. The molecule has 2 atom stereocenters. The molecule has 0 spiro atoms. The fraction of sp³-hybridized carbons (Fsp3) is 0.556. The van der Waals surface area contributed by atoms with Crippen LogP contribution in [0.15, 0.2) is 35.9 Å². The van der Waals surface area contributed by atoms with Gasteiger partial charge in [0.2, 0.25) is 0 Å². The van der Waals surface area contributed by atoms with Crippen LogP contribution in [0.25, 0.3) is 6.08 Å². The summed E-state index contributed by atoms with van der Waals surface area (Å²) in [5.41, 5.74) is 8.87. The lowest BCUT2D eigenvalue weighted by Gasteiger charge is -2.23. The van der Waals surface area contributed by atoms with Crippen LogP contribution in [-0.2, 0) is 0 Å². The number of rotatable bonds is 7. The number of nitrogens with one attached hydrogen (secondary N) is 1. The van der Waals surface area contributed by atoms with Gasteiger partial charge in [0.25, 0.3) is 0 Å². The summed E-state index contributed by atoms with van der Waals surface area (Å²) < 4.78 is 0. The summed E-state index contributed by atoms with van der Waals surface area (Å²) in [5, 5.41) is 3.68. The molecule has 0 radical (unpaired) electrons. The van der Waals surface area contributed by atoms with E-state index in [2.05, 4.69) is 62.5 Å². The Morgan fingerprint density at radius 3 is 2.65 bits per heavy atom. The van der Waals surface area contributed by atoms with Gasteiger partial charge < -0.3 is 11.1 Å². The van der Waals surface area contributed by atoms with Crippen LogP contribution in [0.4, 0.5) is 0 Å². The smallest absolute Gasteiger partial charge is 0.0140 e. The highest BCUT2D eigenvalue weighted by Gasteiger charge is 2.39. The Kier molecular flexibility index (Phi) is 5.00. The lowest BCUT2D eigenvalue weighted by Crippen LogP contribution is -2.37. The van der Waals surface area contributed by atoms with Gasteiger partial charge in [-0.3, -0.25) is 0 Å². The van der Waals surface area contributed by atoms with Crippen molar-refractivity contribution in [3.05, 3.63) is 41.5 Å². The molecule has 0 aliphatic heterocycles. The zero-order valence-corrected chi connectivity index (χ0v) is 13.0. The Bertz CT molecular complexity index is 448. The molecular weight excluding hydrogens is 244 g/mol. The standard InChI is InChI=1S/C18H28N2/c1-4-15(10-14-8-6-5-7-9-14)16-11-17(16)20-13-18(2,3)12-19/h5-10,16-17,20H,4,11-13,19H2,1-3H3/t16?,17-/m0/s1. The molecule has 1 fully saturated rings. The van der Waals surface area contributed by atoms with E-state index in [0.717, 1.165) is 19.5 Å². The predicted octanol–water partition coefficient (Wildman–Crippen LogP) is 3.44. The molecule has 3 N–H and O–H groups in total. The van der Waals surface area contributed by atoms with Crippen LogP contribution in [-0.4, -0.2) is 19.1 Å². The van der Waals surface area contributed by atoms with Crippen LogP contribution >= 0.6 is 0 Å². The molecule has 1 aliphatic rings. The first-order valence-electron chi connectivity index (χ1n) is 7.74. The fourth-order valence-electron chi connectivity index (χ4n) is 2.54. The summed E-state index contributed by atoms with van der Waals surface area (Å²) in [7, 11) is 0. The second-order valence-corrected chi connectivity index (χ2v) is 6.68. The van der Waals surface area contributed by atoms with E-state index < -0.39 is 0 Å². The van der Waals surface area contributed by atoms with Crippen molar-refractivity contribution in [2.75, 3.05) is 13.1 Å². The van der Waals surface area contributed by atoms with E-state index in [1.54, 1.807) is 5.57 Å². The molecule has 1 unspecified atom stereocenters. The van der Waals surface area contributed by atoms with Crippen molar-refractivity contribution in [1.82, 2.24) is 5.32 Å². The van der Waals surface area contributed by atoms with Gasteiger partial charge in [-0.15, -0.1) is 0 Å². The van der Waals surface area contributed by atoms with Gasteiger partial charge in [-0.2, -0.15) is 0 Å². The van der Waals surface area contributed by atoms with Crippen molar-refractivity contribution in [1.29, 1.82) is 0 Å². The first-order valence-corrected chi connectivity index (χ1v) is 7.74. The Balaban J connectivity index is 1.91. The molecule has 0 amide bonds. The molecule has 0 heterocycles. The van der Waals surface area contributed by atoms with E-state index in [0.29, 0.717) is 12.0 Å². The van der Waals surface area contributed by atoms with E-state index >= 15 is 0 Å². The van der Waals surface area contributed by atoms with E-state index in [9.17, 15) is 0 Å². The highest BCUT2D eigenvalue weighted by molar-refractivity contribution is 5.54. The summed E-state index contributed by atoms with van der Waals surface area (Å²) in [5.74, 6) is 0.716. The van der Waals surface area contributed by atoms with E-state index in [1.165, 1.54) is 12.0 Å². The van der Waals surface area contributed by atoms with Crippen LogP contribution in [0.5, 0.6) is 0 Å². The van der Waals surface area contributed by atoms with Crippen molar-refractivity contribution in [3.63, 3.8) is 0 Å². The van der Waals surface area contributed by atoms with Crippen LogP contribution in [0.2, 0.25) is 0 Å². The molecule has 1 aromatic carbocycles. The largest absolute Gasteiger partial charge is 0.330 e. The fourth-order valence-corrected chi connectivity index (χ4v) is 2.54. The van der Waals surface area contributed by atoms with Gasteiger partial charge >= 0.3 is 0 Å². The Morgan fingerprint density at radius 2 is 2.05 bits per heavy atom. The van der Waals surface area contributed by atoms with Crippen LogP contribution < -0.4 is 11.1 Å². The van der Waals surface area contributed by atoms with Crippen molar-refractivity contribution < 1.29 is 0 Å². The maximum Gasteiger partial charge on any atom is 0.0140 e. The zero-order valence-electron chi connectivity index (χ0n) is 13.0. The molecule has 0 bridgehead atoms.